The second kappa shape index (κ2) is 5.50. The lowest BCUT2D eigenvalue weighted by Crippen LogP contribution is -2.41. The van der Waals surface area contributed by atoms with Crippen LogP contribution in [0.25, 0.3) is 0 Å². The molecule has 4 nitrogen and oxygen atoms in total. The van der Waals surface area contributed by atoms with E-state index in [2.05, 4.69) is 10.6 Å². The minimum absolute atomic E-state index is 0.0450. The highest BCUT2D eigenvalue weighted by atomic mass is 16.5. The first-order valence-corrected chi connectivity index (χ1v) is 6.25. The topological polar surface area (TPSA) is 50.4 Å². The normalized spacial score (nSPS) is 23.0. The average Bonchev–Trinajstić information content (AvgIpc) is 2.82. The van der Waals surface area contributed by atoms with Crippen LogP contribution in [0.1, 0.15) is 12.0 Å². The Bertz CT molecular complexity index is 426. The number of anilines is 1. The van der Waals surface area contributed by atoms with Gasteiger partial charge in [-0.05, 0) is 31.5 Å². The minimum atomic E-state index is -0.434. The van der Waals surface area contributed by atoms with Crippen LogP contribution in [-0.4, -0.2) is 32.7 Å². The summed E-state index contributed by atoms with van der Waals surface area (Å²) in [5.41, 5.74) is 1.52. The Morgan fingerprint density at radius 3 is 2.89 bits per heavy atom. The second-order valence-electron chi connectivity index (χ2n) is 4.91. The van der Waals surface area contributed by atoms with Gasteiger partial charge in [0.25, 0.3) is 0 Å². The molecule has 0 aliphatic carbocycles. The number of benzene rings is 1. The SMILES string of the molecule is COCC1(C(=O)Nc2ccccc2C)CCNC1. The first-order valence-electron chi connectivity index (χ1n) is 6.25. The standard InChI is InChI=1S/C14H20N2O2/c1-11-5-3-4-6-12(11)16-13(17)14(10-18-2)7-8-15-9-14/h3-6,15H,7-10H2,1-2H3,(H,16,17). The van der Waals surface area contributed by atoms with Crippen LogP contribution in [0.2, 0.25) is 0 Å². The van der Waals surface area contributed by atoms with Crippen molar-refractivity contribution < 1.29 is 9.53 Å². The molecule has 0 radical (unpaired) electrons. The number of nitrogens with one attached hydrogen (secondary N) is 2. The van der Waals surface area contributed by atoms with Crippen LogP contribution < -0.4 is 10.6 Å². The van der Waals surface area contributed by atoms with Gasteiger partial charge in [0.15, 0.2) is 0 Å². The fraction of sp³-hybridized carbons (Fsp3) is 0.500. The smallest absolute Gasteiger partial charge is 0.234 e. The molecule has 0 spiro atoms. The maximum atomic E-state index is 12.4. The van der Waals surface area contributed by atoms with Crippen LogP contribution in [0.4, 0.5) is 5.69 Å². The molecular weight excluding hydrogens is 228 g/mol. The highest BCUT2D eigenvalue weighted by Crippen LogP contribution is 2.28. The van der Waals surface area contributed by atoms with Crippen molar-refractivity contribution >= 4 is 11.6 Å². The molecule has 18 heavy (non-hydrogen) atoms. The molecule has 1 aromatic rings. The first-order chi connectivity index (χ1) is 8.68. The number of carbonyl (C=O) groups is 1. The zero-order valence-electron chi connectivity index (χ0n) is 11.0. The monoisotopic (exact) mass is 248 g/mol. The zero-order valence-corrected chi connectivity index (χ0v) is 11.0. The van der Waals surface area contributed by atoms with Crippen molar-refractivity contribution in [2.75, 3.05) is 32.1 Å². The van der Waals surface area contributed by atoms with Gasteiger partial charge in [0.05, 0.1) is 12.0 Å². The van der Waals surface area contributed by atoms with Gasteiger partial charge in [-0.25, -0.2) is 0 Å². The first kappa shape index (κ1) is 13.1. The predicted octanol–water partition coefficient (Wildman–Crippen LogP) is 1.56. The van der Waals surface area contributed by atoms with Crippen LogP contribution in [0.5, 0.6) is 0 Å². The molecular formula is C14H20N2O2. The highest BCUT2D eigenvalue weighted by molar-refractivity contribution is 5.96. The Labute approximate surface area is 108 Å². The summed E-state index contributed by atoms with van der Waals surface area (Å²) >= 11 is 0. The Hall–Kier alpha value is -1.39. The third-order valence-corrected chi connectivity index (χ3v) is 3.54. The van der Waals surface area contributed by atoms with E-state index in [1.807, 2.05) is 31.2 Å². The largest absolute Gasteiger partial charge is 0.384 e. The van der Waals surface area contributed by atoms with Gasteiger partial charge in [-0.3, -0.25) is 4.79 Å². The van der Waals surface area contributed by atoms with E-state index in [-0.39, 0.29) is 5.91 Å². The second-order valence-corrected chi connectivity index (χ2v) is 4.91. The van der Waals surface area contributed by atoms with Crippen molar-refractivity contribution in [3.05, 3.63) is 29.8 Å². The Kier molecular flexibility index (Phi) is 3.99. The summed E-state index contributed by atoms with van der Waals surface area (Å²) in [6, 6.07) is 7.81. The third kappa shape index (κ3) is 2.54. The van der Waals surface area contributed by atoms with E-state index < -0.39 is 5.41 Å². The number of methoxy groups -OCH3 is 1. The molecule has 1 fully saturated rings. The molecule has 1 aliphatic heterocycles. The highest BCUT2D eigenvalue weighted by Gasteiger charge is 2.41. The summed E-state index contributed by atoms with van der Waals surface area (Å²) in [6.07, 6.45) is 0.818. The van der Waals surface area contributed by atoms with E-state index in [9.17, 15) is 4.79 Å². The van der Waals surface area contributed by atoms with Crippen LogP contribution in [0.3, 0.4) is 0 Å². The molecule has 0 aromatic heterocycles. The molecule has 1 atom stereocenters. The number of para-hydroxylation sites is 1. The molecule has 98 valence electrons. The fourth-order valence-electron chi connectivity index (χ4n) is 2.37. The summed E-state index contributed by atoms with van der Waals surface area (Å²) in [5.74, 6) is 0.0450. The lowest BCUT2D eigenvalue weighted by molar-refractivity contribution is -0.127. The number of hydrogen-bond acceptors (Lipinski definition) is 3. The van der Waals surface area contributed by atoms with Gasteiger partial charge in [-0.2, -0.15) is 0 Å². The summed E-state index contributed by atoms with van der Waals surface area (Å²) in [6.45, 7) is 3.99. The number of aryl methyl sites for hydroxylation is 1. The quantitative estimate of drug-likeness (QED) is 0.850. The predicted molar refractivity (Wildman–Crippen MR) is 71.6 cm³/mol. The third-order valence-electron chi connectivity index (χ3n) is 3.54. The van der Waals surface area contributed by atoms with E-state index in [0.717, 1.165) is 24.2 Å². The maximum absolute atomic E-state index is 12.4. The lowest BCUT2D eigenvalue weighted by atomic mass is 9.87. The van der Waals surface area contributed by atoms with E-state index >= 15 is 0 Å². The van der Waals surface area contributed by atoms with Gasteiger partial charge in [0.2, 0.25) is 5.91 Å². The van der Waals surface area contributed by atoms with Crippen molar-refractivity contribution in [3.63, 3.8) is 0 Å². The van der Waals surface area contributed by atoms with Crippen LogP contribution in [0, 0.1) is 12.3 Å². The molecule has 1 aliphatic rings. The summed E-state index contributed by atoms with van der Waals surface area (Å²) in [4.78, 5) is 12.4. The van der Waals surface area contributed by atoms with Gasteiger partial charge in [0.1, 0.15) is 0 Å². The summed E-state index contributed by atoms with van der Waals surface area (Å²) < 4.78 is 5.22. The van der Waals surface area contributed by atoms with Crippen molar-refractivity contribution in [3.8, 4) is 0 Å². The Balaban J connectivity index is 2.13. The average molecular weight is 248 g/mol. The maximum Gasteiger partial charge on any atom is 0.234 e. The zero-order chi connectivity index (χ0) is 13.0. The molecule has 0 saturated carbocycles. The molecule has 2 rings (SSSR count). The summed E-state index contributed by atoms with van der Waals surface area (Å²) in [5, 5.41) is 6.26. The molecule has 4 heteroatoms. The van der Waals surface area contributed by atoms with E-state index in [4.69, 9.17) is 4.74 Å². The van der Waals surface area contributed by atoms with Crippen molar-refractivity contribution in [1.29, 1.82) is 0 Å². The van der Waals surface area contributed by atoms with Gasteiger partial charge in [-0.15, -0.1) is 0 Å². The van der Waals surface area contributed by atoms with Gasteiger partial charge < -0.3 is 15.4 Å². The van der Waals surface area contributed by atoms with E-state index in [1.54, 1.807) is 7.11 Å². The molecule has 1 amide bonds. The number of amides is 1. The molecule has 1 saturated heterocycles. The van der Waals surface area contributed by atoms with Crippen LogP contribution in [0.15, 0.2) is 24.3 Å². The number of carbonyl (C=O) groups excluding carboxylic acids is 1. The number of hydrogen-bond donors (Lipinski definition) is 2. The molecule has 1 aromatic carbocycles. The molecule has 1 unspecified atom stereocenters. The summed E-state index contributed by atoms with van der Waals surface area (Å²) in [7, 11) is 1.64. The van der Waals surface area contributed by atoms with Gasteiger partial charge >= 0.3 is 0 Å². The Morgan fingerprint density at radius 1 is 1.50 bits per heavy atom. The number of ether oxygens (including phenoxy) is 1. The number of rotatable bonds is 4. The molecule has 2 N–H and O–H groups in total. The molecule has 1 heterocycles. The molecule has 0 bridgehead atoms. The van der Waals surface area contributed by atoms with Crippen molar-refractivity contribution in [2.24, 2.45) is 5.41 Å². The minimum Gasteiger partial charge on any atom is -0.384 e. The van der Waals surface area contributed by atoms with E-state index in [0.29, 0.717) is 13.2 Å². The van der Waals surface area contributed by atoms with E-state index in [1.165, 1.54) is 0 Å². The van der Waals surface area contributed by atoms with Crippen LogP contribution >= 0.6 is 0 Å². The Morgan fingerprint density at radius 2 is 2.28 bits per heavy atom. The fourth-order valence-corrected chi connectivity index (χ4v) is 2.37. The van der Waals surface area contributed by atoms with Crippen molar-refractivity contribution in [1.82, 2.24) is 5.32 Å². The van der Waals surface area contributed by atoms with Gasteiger partial charge in [0, 0.05) is 19.3 Å². The van der Waals surface area contributed by atoms with Crippen LogP contribution in [-0.2, 0) is 9.53 Å². The lowest BCUT2D eigenvalue weighted by Gasteiger charge is -2.26. The van der Waals surface area contributed by atoms with Crippen molar-refractivity contribution in [2.45, 2.75) is 13.3 Å². The van der Waals surface area contributed by atoms with Gasteiger partial charge in [-0.1, -0.05) is 18.2 Å².